The fraction of sp³-hybridized carbons (Fsp3) is 0.455. The smallest absolute Gasteiger partial charge is 0.126 e. The maximum atomic E-state index is 13.0. The molecule has 0 fully saturated rings. The van der Waals surface area contributed by atoms with Crippen LogP contribution in [0.2, 0.25) is 0 Å². The molecule has 0 N–H and O–H groups in total. The average molecular weight is 196 g/mol. The van der Waals surface area contributed by atoms with Crippen LogP contribution in [-0.2, 0) is 5.31 Å². The summed E-state index contributed by atoms with van der Waals surface area (Å²) in [6.45, 7) is 4.07. The van der Waals surface area contributed by atoms with Crippen LogP contribution in [0.1, 0.15) is 32.3 Å². The van der Waals surface area contributed by atoms with Gasteiger partial charge in [-0.15, -0.1) is 0 Å². The summed E-state index contributed by atoms with van der Waals surface area (Å²) in [5, 5.41) is -0.122. The lowest BCUT2D eigenvalue weighted by molar-refractivity contribution is 0.536. The van der Waals surface area contributed by atoms with Gasteiger partial charge in [-0.25, -0.2) is 8.78 Å². The second-order valence-corrected chi connectivity index (χ2v) is 3.93. The highest BCUT2D eigenvalue weighted by Crippen LogP contribution is 2.28. The minimum Gasteiger partial charge on any atom is -0.207 e. The van der Waals surface area contributed by atoms with Gasteiger partial charge < -0.3 is 0 Å². The SMILES string of the molecule is BC(CC)(CC)c1cc(F)cc(F)c1. The van der Waals surface area contributed by atoms with Crippen LogP contribution in [0.15, 0.2) is 18.2 Å². The van der Waals surface area contributed by atoms with Gasteiger partial charge in [-0.2, -0.15) is 0 Å². The highest BCUT2D eigenvalue weighted by atomic mass is 19.1. The number of rotatable bonds is 3. The van der Waals surface area contributed by atoms with Crippen molar-refractivity contribution in [1.82, 2.24) is 0 Å². The molecule has 0 saturated heterocycles. The van der Waals surface area contributed by atoms with E-state index in [1.807, 2.05) is 21.7 Å². The summed E-state index contributed by atoms with van der Waals surface area (Å²) in [6.07, 6.45) is 1.76. The van der Waals surface area contributed by atoms with Gasteiger partial charge in [0, 0.05) is 6.07 Å². The number of hydrogen-bond acceptors (Lipinski definition) is 0. The summed E-state index contributed by atoms with van der Waals surface area (Å²) in [7, 11) is 2.03. The van der Waals surface area contributed by atoms with E-state index in [4.69, 9.17) is 0 Å². The summed E-state index contributed by atoms with van der Waals surface area (Å²) < 4.78 is 26.0. The van der Waals surface area contributed by atoms with Crippen LogP contribution in [0.3, 0.4) is 0 Å². The van der Waals surface area contributed by atoms with Gasteiger partial charge >= 0.3 is 0 Å². The molecule has 0 saturated carbocycles. The zero-order valence-electron chi connectivity index (χ0n) is 8.90. The average Bonchev–Trinajstić information content (AvgIpc) is 2.15. The van der Waals surface area contributed by atoms with Crippen molar-refractivity contribution in [1.29, 1.82) is 0 Å². The Labute approximate surface area is 84.7 Å². The molecule has 0 aliphatic heterocycles. The molecule has 0 unspecified atom stereocenters. The predicted octanol–water partition coefficient (Wildman–Crippen LogP) is 2.61. The molecule has 0 bridgehead atoms. The van der Waals surface area contributed by atoms with Crippen molar-refractivity contribution in [3.8, 4) is 0 Å². The van der Waals surface area contributed by atoms with Gasteiger partial charge in [-0.1, -0.05) is 26.7 Å². The molecule has 0 heterocycles. The van der Waals surface area contributed by atoms with Crippen molar-refractivity contribution in [2.45, 2.75) is 32.0 Å². The van der Waals surface area contributed by atoms with Crippen LogP contribution in [0.25, 0.3) is 0 Å². The Morgan fingerprint density at radius 1 is 1.07 bits per heavy atom. The van der Waals surface area contributed by atoms with Crippen LogP contribution >= 0.6 is 0 Å². The summed E-state index contributed by atoms with van der Waals surface area (Å²) in [5.41, 5.74) is 0.750. The molecule has 0 spiro atoms. The van der Waals surface area contributed by atoms with Gasteiger partial charge in [-0.05, 0) is 23.0 Å². The predicted molar refractivity (Wildman–Crippen MR) is 57.2 cm³/mol. The fourth-order valence-corrected chi connectivity index (χ4v) is 1.56. The van der Waals surface area contributed by atoms with Gasteiger partial charge in [0.15, 0.2) is 0 Å². The Balaban J connectivity index is 3.17. The van der Waals surface area contributed by atoms with Crippen molar-refractivity contribution in [3.05, 3.63) is 35.4 Å². The van der Waals surface area contributed by atoms with E-state index in [0.717, 1.165) is 24.5 Å². The Morgan fingerprint density at radius 2 is 1.50 bits per heavy atom. The highest BCUT2D eigenvalue weighted by Gasteiger charge is 2.23. The Kier molecular flexibility index (Phi) is 3.30. The van der Waals surface area contributed by atoms with Crippen molar-refractivity contribution in [3.63, 3.8) is 0 Å². The van der Waals surface area contributed by atoms with Crippen LogP contribution < -0.4 is 0 Å². The van der Waals surface area contributed by atoms with E-state index >= 15 is 0 Å². The Bertz CT molecular complexity index is 299. The molecule has 1 aromatic rings. The molecular formula is C11H15BF2. The van der Waals surface area contributed by atoms with E-state index in [9.17, 15) is 8.78 Å². The molecule has 1 rings (SSSR count). The first-order chi connectivity index (χ1) is 6.51. The van der Waals surface area contributed by atoms with Crippen molar-refractivity contribution in [2.24, 2.45) is 0 Å². The monoisotopic (exact) mass is 196 g/mol. The number of hydrogen-bond donors (Lipinski definition) is 0. The molecule has 1 aromatic carbocycles. The van der Waals surface area contributed by atoms with Crippen LogP contribution in [0, 0.1) is 11.6 Å². The largest absolute Gasteiger partial charge is 0.207 e. The summed E-state index contributed by atoms with van der Waals surface area (Å²) in [4.78, 5) is 0. The molecule has 3 heteroatoms. The van der Waals surface area contributed by atoms with Crippen LogP contribution in [0.4, 0.5) is 8.78 Å². The molecule has 0 aliphatic carbocycles. The fourth-order valence-electron chi connectivity index (χ4n) is 1.56. The van der Waals surface area contributed by atoms with E-state index < -0.39 is 11.6 Å². The number of benzene rings is 1. The molecule has 0 atom stereocenters. The normalized spacial score (nSPS) is 11.7. The van der Waals surface area contributed by atoms with E-state index in [1.54, 1.807) is 0 Å². The van der Waals surface area contributed by atoms with Crippen molar-refractivity contribution >= 4 is 7.85 Å². The van der Waals surface area contributed by atoms with Crippen LogP contribution in [0.5, 0.6) is 0 Å². The van der Waals surface area contributed by atoms with Gasteiger partial charge in [0.2, 0.25) is 0 Å². The minimum absolute atomic E-state index is 0.122. The molecule has 76 valence electrons. The van der Waals surface area contributed by atoms with E-state index in [0.29, 0.717) is 0 Å². The van der Waals surface area contributed by atoms with E-state index in [-0.39, 0.29) is 5.31 Å². The standard InChI is InChI=1S/C11H15BF2/c1-3-11(12,4-2)8-5-9(13)7-10(14)6-8/h5-7H,3-4,12H2,1-2H3. The molecule has 0 amide bonds. The van der Waals surface area contributed by atoms with Gasteiger partial charge in [0.1, 0.15) is 19.5 Å². The third-order valence-corrected chi connectivity index (χ3v) is 3.12. The Hall–Kier alpha value is -0.855. The van der Waals surface area contributed by atoms with Crippen LogP contribution in [-0.4, -0.2) is 7.85 Å². The van der Waals surface area contributed by atoms with Gasteiger partial charge in [0.05, 0.1) is 0 Å². The summed E-state index contributed by atoms with van der Waals surface area (Å²) >= 11 is 0. The second kappa shape index (κ2) is 4.12. The summed E-state index contributed by atoms with van der Waals surface area (Å²) in [6, 6.07) is 3.77. The summed E-state index contributed by atoms with van der Waals surface area (Å²) in [5.74, 6) is -0.985. The topological polar surface area (TPSA) is 0 Å². The first kappa shape index (κ1) is 11.2. The van der Waals surface area contributed by atoms with E-state index in [1.165, 1.54) is 12.1 Å². The molecule has 0 radical (unpaired) electrons. The van der Waals surface area contributed by atoms with Crippen molar-refractivity contribution in [2.75, 3.05) is 0 Å². The molecular weight excluding hydrogens is 181 g/mol. The second-order valence-electron chi connectivity index (χ2n) is 3.93. The zero-order chi connectivity index (χ0) is 10.8. The highest BCUT2D eigenvalue weighted by molar-refractivity contribution is 6.15. The maximum Gasteiger partial charge on any atom is 0.126 e. The first-order valence-corrected chi connectivity index (χ1v) is 4.98. The first-order valence-electron chi connectivity index (χ1n) is 4.98. The molecule has 0 aromatic heterocycles. The third kappa shape index (κ3) is 2.14. The lowest BCUT2D eigenvalue weighted by atomic mass is 9.61. The molecule has 14 heavy (non-hydrogen) atoms. The molecule has 0 aliphatic rings. The van der Waals surface area contributed by atoms with E-state index in [2.05, 4.69) is 0 Å². The lowest BCUT2D eigenvalue weighted by Gasteiger charge is -2.27. The Morgan fingerprint density at radius 3 is 1.86 bits per heavy atom. The van der Waals surface area contributed by atoms with Gasteiger partial charge in [-0.3, -0.25) is 0 Å². The molecule has 0 nitrogen and oxygen atoms in total. The third-order valence-electron chi connectivity index (χ3n) is 3.12. The lowest BCUT2D eigenvalue weighted by Crippen LogP contribution is -2.24. The minimum atomic E-state index is -0.492. The van der Waals surface area contributed by atoms with Gasteiger partial charge in [0.25, 0.3) is 0 Å². The van der Waals surface area contributed by atoms with Crippen molar-refractivity contribution < 1.29 is 8.78 Å². The zero-order valence-corrected chi connectivity index (χ0v) is 8.90. The maximum absolute atomic E-state index is 13.0. The quantitative estimate of drug-likeness (QED) is 0.651. The number of halogens is 2.